The maximum Gasteiger partial charge on any atom is 0.230 e. The molecule has 66 heavy (non-hydrogen) atoms. The second kappa shape index (κ2) is 19.5. The van der Waals surface area contributed by atoms with Crippen molar-refractivity contribution in [1.29, 1.82) is 0 Å². The van der Waals surface area contributed by atoms with Gasteiger partial charge in [-0.1, -0.05) is 19.1 Å². The molecule has 2 unspecified atom stereocenters. The Morgan fingerprint density at radius 3 is 2.45 bits per heavy atom. The summed E-state index contributed by atoms with van der Waals surface area (Å²) < 4.78 is 20.1. The fourth-order valence-corrected chi connectivity index (χ4v) is 12.1. The smallest absolute Gasteiger partial charge is 0.230 e. The number of hydrogen-bond donors (Lipinski definition) is 3. The number of fused-ring (bicyclic) bond motifs is 1. The summed E-state index contributed by atoms with van der Waals surface area (Å²) in [5, 5.41) is 9.90. The van der Waals surface area contributed by atoms with Crippen LogP contribution in [0.15, 0.2) is 71.3 Å². The first-order valence-electron chi connectivity index (χ1n) is 23.2. The molecule has 4 aromatic rings. The Labute approximate surface area is 394 Å². The lowest BCUT2D eigenvalue weighted by atomic mass is 9.81. The first-order valence-corrected chi connectivity index (χ1v) is 26.6. The van der Waals surface area contributed by atoms with Gasteiger partial charge in [-0.05, 0) is 104 Å². The number of carbonyl (C=O) groups excluding carboxylic acids is 3. The molecule has 1 aliphatic carbocycles. The number of benzene rings is 2. The van der Waals surface area contributed by atoms with Crippen LogP contribution in [0, 0.1) is 17.8 Å². The number of nitrogens with zero attached hydrogens (tertiary/aromatic N) is 8. The van der Waals surface area contributed by atoms with Crippen LogP contribution in [0.2, 0.25) is 0 Å². The molecule has 0 spiro atoms. The SMILES string of the molecule is CCc1cc(Nc2ncc(Br)c(Nc3ccc4nccnc4c3P(C)(C)=O)n2)c(OC)cc1N1CCC(N2CCN(C(=O)[C@H]3CCN(C4=CC(C5CCC(=O)NC5=O)CC=C4)C3)CC2)CC1. The summed E-state index contributed by atoms with van der Waals surface area (Å²) >= 11 is 3.60. The number of likely N-dealkylation sites (tertiary alicyclic amines) is 1. The van der Waals surface area contributed by atoms with Crippen molar-refractivity contribution < 1.29 is 23.7 Å². The first kappa shape index (κ1) is 45.8. The third-order valence-corrected chi connectivity index (χ3v) is 16.0. The molecule has 3 N–H and O–H groups in total. The molecular formula is C48H59BrN11O5P. The molecule has 348 valence electrons. The Morgan fingerprint density at radius 1 is 0.939 bits per heavy atom. The van der Waals surface area contributed by atoms with E-state index >= 15 is 0 Å². The van der Waals surface area contributed by atoms with Crippen LogP contribution in [0.3, 0.4) is 0 Å². The third-order valence-electron chi connectivity index (χ3n) is 13.9. The highest BCUT2D eigenvalue weighted by Gasteiger charge is 2.37. The van der Waals surface area contributed by atoms with Crippen molar-refractivity contribution in [2.75, 3.05) is 88.3 Å². The summed E-state index contributed by atoms with van der Waals surface area (Å²) in [5.41, 5.74) is 6.12. The number of ether oxygens (including phenoxy) is 1. The van der Waals surface area contributed by atoms with Gasteiger partial charge in [-0.2, -0.15) is 4.98 Å². The largest absolute Gasteiger partial charge is 0.494 e. The topological polar surface area (TPSA) is 178 Å². The summed E-state index contributed by atoms with van der Waals surface area (Å²) in [6.07, 6.45) is 16.9. The molecule has 9 rings (SSSR count). The van der Waals surface area contributed by atoms with E-state index in [-0.39, 0.29) is 35.5 Å². The highest BCUT2D eigenvalue weighted by atomic mass is 79.9. The maximum absolute atomic E-state index is 13.8. The number of imide groups is 1. The van der Waals surface area contributed by atoms with Crippen LogP contribution in [-0.4, -0.2) is 131 Å². The number of amides is 3. The Kier molecular flexibility index (Phi) is 13.5. The zero-order valence-electron chi connectivity index (χ0n) is 38.1. The number of rotatable bonds is 12. The average molecular weight is 981 g/mol. The van der Waals surface area contributed by atoms with Gasteiger partial charge in [-0.3, -0.25) is 34.6 Å². The minimum atomic E-state index is -2.78. The predicted octanol–water partition coefficient (Wildman–Crippen LogP) is 6.44. The summed E-state index contributed by atoms with van der Waals surface area (Å²) in [6.45, 7) is 12.3. The number of hydrogen-bond acceptors (Lipinski definition) is 14. The molecule has 3 amide bonds. The van der Waals surface area contributed by atoms with Gasteiger partial charge >= 0.3 is 0 Å². The molecule has 0 bridgehead atoms. The average Bonchev–Trinajstić information content (AvgIpc) is 3.83. The first-order chi connectivity index (χ1) is 31.9. The van der Waals surface area contributed by atoms with E-state index in [1.807, 2.05) is 12.1 Å². The number of anilines is 5. The number of piperazine rings is 1. The predicted molar refractivity (Wildman–Crippen MR) is 262 cm³/mol. The fourth-order valence-electron chi connectivity index (χ4n) is 10.4. The molecule has 0 saturated carbocycles. The molecular weight excluding hydrogens is 921 g/mol. The van der Waals surface area contributed by atoms with Crippen LogP contribution in [0.5, 0.6) is 5.75 Å². The van der Waals surface area contributed by atoms with Crippen molar-refractivity contribution in [3.8, 4) is 5.75 Å². The molecule has 2 aromatic heterocycles. The monoisotopic (exact) mass is 979 g/mol. The molecule has 2 aromatic carbocycles. The Bertz CT molecular complexity index is 2620. The number of allylic oxidation sites excluding steroid dienone is 3. The molecule has 6 heterocycles. The van der Waals surface area contributed by atoms with E-state index in [2.05, 4.69) is 104 Å². The van der Waals surface area contributed by atoms with Crippen molar-refractivity contribution in [3.63, 3.8) is 0 Å². The van der Waals surface area contributed by atoms with Crippen molar-refractivity contribution in [3.05, 3.63) is 76.8 Å². The quantitative estimate of drug-likeness (QED) is 0.104. The standard InChI is InChI=1S/C48H59BrN11O5P/c1-5-30-26-39(54-48-52-28-36(49)45(56-48)53-38-11-10-37-43(51-17-16-50-37)44(38)66(3,4)64)41(65-2)27-40(30)58-19-14-33(15-20-58)57-21-23-59(24-22-57)47(63)32-13-18-60(29-32)34-8-6-7-31(25-34)35-9-12-42(61)55-46(35)62/h6,8,10-11,16-17,25-28,31-33,35H,5,7,9,12-15,18-24,29H2,1-4H3,(H,55,61,62)(H2,52,53,54,56)/t31?,32-,35?/m0/s1. The lowest BCUT2D eigenvalue weighted by Gasteiger charge is -2.44. The van der Waals surface area contributed by atoms with Gasteiger partial charge in [0.05, 0.1) is 39.7 Å². The Balaban J connectivity index is 0.791. The van der Waals surface area contributed by atoms with Crippen molar-refractivity contribution >= 4 is 86.0 Å². The van der Waals surface area contributed by atoms with Crippen LogP contribution in [0.4, 0.5) is 28.8 Å². The molecule has 18 heteroatoms. The summed E-state index contributed by atoms with van der Waals surface area (Å²) in [7, 11) is -1.10. The number of carbonyl (C=O) groups is 3. The highest BCUT2D eigenvalue weighted by Crippen LogP contribution is 2.42. The summed E-state index contributed by atoms with van der Waals surface area (Å²) in [4.78, 5) is 65.8. The molecule has 4 fully saturated rings. The van der Waals surface area contributed by atoms with Gasteiger partial charge in [0.25, 0.3) is 0 Å². The van der Waals surface area contributed by atoms with Crippen LogP contribution >= 0.6 is 23.1 Å². The van der Waals surface area contributed by atoms with Gasteiger partial charge in [-0.15, -0.1) is 0 Å². The minimum absolute atomic E-state index is 0.0295. The van der Waals surface area contributed by atoms with Crippen molar-refractivity contribution in [2.24, 2.45) is 17.8 Å². The van der Waals surface area contributed by atoms with E-state index in [9.17, 15) is 18.9 Å². The Morgan fingerprint density at radius 2 is 1.71 bits per heavy atom. The number of aryl methyl sites for hydroxylation is 1. The van der Waals surface area contributed by atoms with E-state index in [0.717, 1.165) is 89.3 Å². The molecule has 3 atom stereocenters. The number of methoxy groups -OCH3 is 1. The van der Waals surface area contributed by atoms with E-state index in [0.29, 0.717) is 69.4 Å². The Hall–Kier alpha value is -5.38. The van der Waals surface area contributed by atoms with Crippen LogP contribution < -0.4 is 30.9 Å². The van der Waals surface area contributed by atoms with E-state index in [1.54, 1.807) is 39.0 Å². The third kappa shape index (κ3) is 9.70. The normalized spacial score (nSPS) is 22.1. The van der Waals surface area contributed by atoms with Crippen LogP contribution in [0.1, 0.15) is 51.0 Å². The highest BCUT2D eigenvalue weighted by molar-refractivity contribution is 9.10. The summed E-state index contributed by atoms with van der Waals surface area (Å²) in [6, 6.07) is 8.43. The number of halogens is 1. The van der Waals surface area contributed by atoms with Gasteiger partial charge < -0.3 is 34.6 Å². The molecule has 0 radical (unpaired) electrons. The van der Waals surface area contributed by atoms with E-state index in [4.69, 9.17) is 9.72 Å². The van der Waals surface area contributed by atoms with Crippen LogP contribution in [-0.2, 0) is 25.4 Å². The molecule has 4 saturated heterocycles. The van der Waals surface area contributed by atoms with Crippen LogP contribution in [0.25, 0.3) is 11.0 Å². The van der Waals surface area contributed by atoms with E-state index < -0.39 is 7.14 Å². The zero-order valence-corrected chi connectivity index (χ0v) is 40.6. The lowest BCUT2D eigenvalue weighted by molar-refractivity contribution is -0.138. The minimum Gasteiger partial charge on any atom is -0.494 e. The summed E-state index contributed by atoms with van der Waals surface area (Å²) in [5.74, 6) is 1.33. The number of aromatic nitrogens is 4. The van der Waals surface area contributed by atoms with Gasteiger partial charge in [0.2, 0.25) is 23.7 Å². The van der Waals surface area contributed by atoms with Gasteiger partial charge in [0, 0.05) is 107 Å². The number of piperidine rings is 2. The molecule has 4 aliphatic heterocycles. The second-order valence-corrected chi connectivity index (χ2v) is 22.4. The maximum atomic E-state index is 13.8. The lowest BCUT2D eigenvalue weighted by Crippen LogP contribution is -2.55. The van der Waals surface area contributed by atoms with Gasteiger partial charge in [-0.25, -0.2) is 4.98 Å². The second-order valence-electron chi connectivity index (χ2n) is 18.4. The van der Waals surface area contributed by atoms with Gasteiger partial charge in [0.1, 0.15) is 24.2 Å². The van der Waals surface area contributed by atoms with Crippen molar-refractivity contribution in [2.45, 2.75) is 57.9 Å². The van der Waals surface area contributed by atoms with Gasteiger partial charge in [0.15, 0.2) is 0 Å². The van der Waals surface area contributed by atoms with Crippen molar-refractivity contribution in [1.82, 2.24) is 40.0 Å². The zero-order chi connectivity index (χ0) is 46.1. The molecule has 16 nitrogen and oxygen atoms in total. The molecule has 5 aliphatic rings. The number of nitrogens with one attached hydrogen (secondary N) is 3. The fraction of sp³-hybridized carbons (Fsp3) is 0.479. The van der Waals surface area contributed by atoms with E-state index in [1.165, 1.54) is 11.3 Å².